The highest BCUT2D eigenvalue weighted by Crippen LogP contribution is 2.36. The smallest absolute Gasteiger partial charge is 0.382 e. The summed E-state index contributed by atoms with van der Waals surface area (Å²) in [6.07, 6.45) is -3.42. The van der Waals surface area contributed by atoms with Crippen molar-refractivity contribution in [1.29, 1.82) is 0 Å². The summed E-state index contributed by atoms with van der Waals surface area (Å²) in [5.41, 5.74) is 3.37. The van der Waals surface area contributed by atoms with Crippen molar-refractivity contribution >= 4 is 32.1 Å². The molecule has 1 N–H and O–H groups in total. The van der Waals surface area contributed by atoms with Gasteiger partial charge in [-0.2, -0.15) is 13.2 Å². The zero-order valence-corrected chi connectivity index (χ0v) is 20.0. The molecule has 0 amide bonds. The van der Waals surface area contributed by atoms with E-state index in [1.807, 2.05) is 30.3 Å². The molecule has 0 unspecified atom stereocenters. The summed E-state index contributed by atoms with van der Waals surface area (Å²) in [7, 11) is -3.00. The quantitative estimate of drug-likeness (QED) is 0.543. The average Bonchev–Trinajstić information content (AvgIpc) is 3.19. The summed E-state index contributed by atoms with van der Waals surface area (Å²) >= 11 is 0. The Labute approximate surface area is 202 Å². The highest BCUT2D eigenvalue weighted by molar-refractivity contribution is 7.91. The van der Waals surface area contributed by atoms with E-state index in [2.05, 4.69) is 10.2 Å². The molecule has 3 aromatic rings. The number of benzene rings is 2. The normalized spacial score (nSPS) is 19.2. The average molecular weight is 508 g/mol. The van der Waals surface area contributed by atoms with Crippen molar-refractivity contribution in [1.82, 2.24) is 4.57 Å². The zero-order valence-electron chi connectivity index (χ0n) is 19.2. The Morgan fingerprint density at radius 1 is 1.00 bits per heavy atom. The van der Waals surface area contributed by atoms with Gasteiger partial charge in [0.2, 0.25) is 0 Å². The fraction of sp³-hybridized carbons (Fsp3) is 0.440. The second-order valence-corrected chi connectivity index (χ2v) is 11.5. The molecule has 5 rings (SSSR count). The number of rotatable bonds is 5. The van der Waals surface area contributed by atoms with Gasteiger partial charge in [-0.15, -0.1) is 0 Å². The minimum atomic E-state index is -4.39. The van der Waals surface area contributed by atoms with E-state index in [9.17, 15) is 21.6 Å². The summed E-state index contributed by atoms with van der Waals surface area (Å²) in [5, 5.41) is 4.09. The first-order valence-corrected chi connectivity index (χ1v) is 13.6. The van der Waals surface area contributed by atoms with E-state index in [-0.39, 0.29) is 17.5 Å². The Hall–Kier alpha value is -2.72. The van der Waals surface area contributed by atoms with E-state index in [0.717, 1.165) is 24.5 Å². The third-order valence-corrected chi connectivity index (χ3v) is 8.43. The molecular weight excluding hydrogens is 479 g/mol. The van der Waals surface area contributed by atoms with Crippen molar-refractivity contribution in [2.24, 2.45) is 0 Å². The fourth-order valence-corrected chi connectivity index (χ4v) is 6.43. The second-order valence-electron chi connectivity index (χ2n) is 9.19. The van der Waals surface area contributed by atoms with Crippen LogP contribution in [0, 0.1) is 0 Å². The maximum atomic E-state index is 13.6. The summed E-state index contributed by atoms with van der Waals surface area (Å²) in [6, 6.07) is 14.7. The van der Waals surface area contributed by atoms with Gasteiger partial charge in [-0.05, 0) is 43.2 Å². The molecule has 3 heterocycles. The van der Waals surface area contributed by atoms with Crippen molar-refractivity contribution < 1.29 is 26.3 Å². The topological polar surface area (TPSA) is 63.6 Å². The number of halogens is 3. The van der Waals surface area contributed by atoms with Crippen molar-refractivity contribution in [3.05, 3.63) is 48.5 Å². The first-order chi connectivity index (χ1) is 16.7. The Kier molecular flexibility index (Phi) is 6.43. The van der Waals surface area contributed by atoms with Crippen LogP contribution in [0.2, 0.25) is 0 Å². The Morgan fingerprint density at radius 2 is 1.71 bits per heavy atom. The van der Waals surface area contributed by atoms with Crippen LogP contribution in [0.5, 0.6) is 0 Å². The lowest BCUT2D eigenvalue weighted by Gasteiger charge is -2.29. The monoisotopic (exact) mass is 507 g/mol. The van der Waals surface area contributed by atoms with Crippen LogP contribution in [-0.4, -0.2) is 63.0 Å². The van der Waals surface area contributed by atoms with Crippen LogP contribution in [0.3, 0.4) is 0 Å². The molecule has 0 atom stereocenters. The largest absolute Gasteiger partial charge is 0.406 e. The molecule has 0 spiro atoms. The molecule has 0 radical (unpaired) electrons. The molecule has 0 aliphatic carbocycles. The number of sulfone groups is 1. The van der Waals surface area contributed by atoms with E-state index in [1.165, 1.54) is 4.57 Å². The van der Waals surface area contributed by atoms with Gasteiger partial charge >= 0.3 is 6.18 Å². The first kappa shape index (κ1) is 24.0. The molecule has 0 bridgehead atoms. The lowest BCUT2D eigenvalue weighted by Crippen LogP contribution is -2.36. The summed E-state index contributed by atoms with van der Waals surface area (Å²) in [5.74, 6) is 0.241. The minimum absolute atomic E-state index is 0.0387. The predicted molar refractivity (Wildman–Crippen MR) is 132 cm³/mol. The highest BCUT2D eigenvalue weighted by atomic mass is 32.2. The molecule has 0 saturated carbocycles. The van der Waals surface area contributed by atoms with E-state index in [0.29, 0.717) is 48.2 Å². The zero-order chi connectivity index (χ0) is 24.6. The number of morpholine rings is 1. The van der Waals surface area contributed by atoms with Gasteiger partial charge in [-0.25, -0.2) is 8.42 Å². The van der Waals surface area contributed by atoms with Gasteiger partial charge in [0.1, 0.15) is 16.4 Å². The maximum absolute atomic E-state index is 13.6. The molecule has 188 valence electrons. The number of anilines is 2. The van der Waals surface area contributed by atoms with Crippen LogP contribution >= 0.6 is 0 Å². The van der Waals surface area contributed by atoms with Crippen LogP contribution < -0.4 is 10.2 Å². The SMILES string of the molecule is O=S1(=O)CCC(Nc2cccc3c2cc(-c2cccc(N4CCOCC4)c2)n3CC(F)(F)F)CC1. The lowest BCUT2D eigenvalue weighted by atomic mass is 10.1. The summed E-state index contributed by atoms with van der Waals surface area (Å²) in [6.45, 7) is 1.62. The number of hydrogen-bond acceptors (Lipinski definition) is 5. The first-order valence-electron chi connectivity index (χ1n) is 11.8. The molecule has 2 aliphatic heterocycles. The standard InChI is InChI=1S/C25H28F3N3O3S/c26-25(27,28)17-31-23-6-2-5-22(29-19-7-13-35(32,33)14-8-19)21(23)16-24(31)18-3-1-4-20(15-18)30-9-11-34-12-10-30/h1-6,15-16,19,29H,7-14,17H2. The lowest BCUT2D eigenvalue weighted by molar-refractivity contribution is -0.139. The number of aromatic nitrogens is 1. The van der Waals surface area contributed by atoms with Gasteiger partial charge in [0, 0.05) is 47.1 Å². The van der Waals surface area contributed by atoms with Crippen LogP contribution in [-0.2, 0) is 21.1 Å². The number of nitrogens with zero attached hydrogens (tertiary/aromatic N) is 2. The van der Waals surface area contributed by atoms with Gasteiger partial charge in [-0.3, -0.25) is 0 Å². The van der Waals surface area contributed by atoms with E-state index in [4.69, 9.17) is 4.74 Å². The third-order valence-electron chi connectivity index (χ3n) is 6.72. The van der Waals surface area contributed by atoms with E-state index < -0.39 is 22.6 Å². The highest BCUT2D eigenvalue weighted by Gasteiger charge is 2.31. The second kappa shape index (κ2) is 9.39. The fourth-order valence-electron chi connectivity index (χ4n) is 4.94. The van der Waals surface area contributed by atoms with Gasteiger partial charge in [0.25, 0.3) is 0 Å². The molecular formula is C25H28F3N3O3S. The van der Waals surface area contributed by atoms with E-state index >= 15 is 0 Å². The molecule has 35 heavy (non-hydrogen) atoms. The van der Waals surface area contributed by atoms with Gasteiger partial charge in [0.05, 0.1) is 30.2 Å². The molecule has 2 saturated heterocycles. The number of fused-ring (bicyclic) bond motifs is 1. The van der Waals surface area contributed by atoms with Crippen molar-refractivity contribution in [3.63, 3.8) is 0 Å². The molecule has 2 aliphatic rings. The van der Waals surface area contributed by atoms with Crippen molar-refractivity contribution in [3.8, 4) is 11.3 Å². The molecule has 6 nitrogen and oxygen atoms in total. The van der Waals surface area contributed by atoms with Gasteiger partial charge in [0.15, 0.2) is 0 Å². The van der Waals surface area contributed by atoms with Crippen molar-refractivity contribution in [2.75, 3.05) is 48.0 Å². The summed E-state index contributed by atoms with van der Waals surface area (Å²) in [4.78, 5) is 2.17. The maximum Gasteiger partial charge on any atom is 0.406 e. The molecule has 1 aromatic heterocycles. The Balaban J connectivity index is 1.54. The van der Waals surface area contributed by atoms with Crippen molar-refractivity contribution in [2.45, 2.75) is 31.6 Å². The third kappa shape index (κ3) is 5.43. The summed E-state index contributed by atoms with van der Waals surface area (Å²) < 4.78 is 71.3. The van der Waals surface area contributed by atoms with Gasteiger partial charge < -0.3 is 19.5 Å². The number of alkyl halides is 3. The van der Waals surface area contributed by atoms with Crippen LogP contribution in [0.1, 0.15) is 12.8 Å². The number of hydrogen-bond donors (Lipinski definition) is 1. The number of ether oxygens (including phenoxy) is 1. The minimum Gasteiger partial charge on any atom is -0.382 e. The van der Waals surface area contributed by atoms with E-state index in [1.54, 1.807) is 18.2 Å². The Bertz CT molecular complexity index is 1300. The van der Waals surface area contributed by atoms with Gasteiger partial charge in [-0.1, -0.05) is 18.2 Å². The van der Waals surface area contributed by atoms with Crippen LogP contribution in [0.15, 0.2) is 48.5 Å². The molecule has 2 fully saturated rings. The van der Waals surface area contributed by atoms with Crippen LogP contribution in [0.25, 0.3) is 22.2 Å². The number of nitrogens with one attached hydrogen (secondary N) is 1. The molecule has 10 heteroatoms. The molecule has 2 aromatic carbocycles. The predicted octanol–water partition coefficient (Wildman–Crippen LogP) is 4.70. The Morgan fingerprint density at radius 3 is 2.43 bits per heavy atom. The van der Waals surface area contributed by atoms with Crippen LogP contribution in [0.4, 0.5) is 24.5 Å².